The Bertz CT molecular complexity index is 1020. The van der Waals surface area contributed by atoms with Crippen LogP contribution in [-0.4, -0.2) is 4.98 Å². The van der Waals surface area contributed by atoms with Crippen molar-refractivity contribution >= 4 is 35.2 Å². The van der Waals surface area contributed by atoms with Gasteiger partial charge in [-0.15, -0.1) is 0 Å². The second kappa shape index (κ2) is 7.06. The molecule has 1 nitrogen and oxygen atoms in total. The van der Waals surface area contributed by atoms with Crippen LogP contribution >= 0.6 is 0 Å². The fourth-order valence-electron chi connectivity index (χ4n) is 2.98. The van der Waals surface area contributed by atoms with Crippen molar-refractivity contribution in [2.45, 2.75) is 0 Å². The van der Waals surface area contributed by atoms with Gasteiger partial charge in [-0.2, -0.15) is 0 Å². The number of nitrogens with one attached hydrogen (secondary N) is 1. The van der Waals surface area contributed by atoms with Crippen molar-refractivity contribution in [3.63, 3.8) is 0 Å². The molecule has 0 aliphatic heterocycles. The first-order valence-electron chi connectivity index (χ1n) is 8.47. The van der Waals surface area contributed by atoms with E-state index in [1.165, 1.54) is 22.1 Å². The van der Waals surface area contributed by atoms with Crippen LogP contribution in [0.2, 0.25) is 0 Å². The van der Waals surface area contributed by atoms with Crippen LogP contribution in [0.4, 0.5) is 0 Å². The van der Waals surface area contributed by atoms with Gasteiger partial charge < -0.3 is 4.98 Å². The molecular formula is C24H19N. The van der Waals surface area contributed by atoms with E-state index in [1.807, 2.05) is 12.1 Å². The van der Waals surface area contributed by atoms with Crippen LogP contribution in [0.5, 0.6) is 0 Å². The summed E-state index contributed by atoms with van der Waals surface area (Å²) in [7, 11) is 0. The molecule has 0 fully saturated rings. The van der Waals surface area contributed by atoms with Crippen LogP contribution in [0.1, 0.15) is 22.4 Å². The monoisotopic (exact) mass is 321 g/mol. The van der Waals surface area contributed by atoms with Gasteiger partial charge in [0.2, 0.25) is 0 Å². The topological polar surface area (TPSA) is 15.8 Å². The fraction of sp³-hybridized carbons (Fsp3) is 0. The highest BCUT2D eigenvalue weighted by atomic mass is 14.7. The first-order chi connectivity index (χ1) is 12.4. The van der Waals surface area contributed by atoms with Gasteiger partial charge in [-0.3, -0.25) is 0 Å². The summed E-state index contributed by atoms with van der Waals surface area (Å²) in [5.74, 6) is 0. The minimum atomic E-state index is 1.12. The summed E-state index contributed by atoms with van der Waals surface area (Å²) >= 11 is 0. The Kier molecular flexibility index (Phi) is 4.30. The second-order valence-electron chi connectivity index (χ2n) is 5.99. The van der Waals surface area contributed by atoms with Gasteiger partial charge in [0.05, 0.1) is 0 Å². The molecule has 1 aromatic heterocycles. The first-order valence-corrected chi connectivity index (χ1v) is 8.47. The van der Waals surface area contributed by atoms with E-state index in [2.05, 4.69) is 102 Å². The molecule has 0 saturated heterocycles. The lowest BCUT2D eigenvalue weighted by atomic mass is 10.1. The number of hydrogen-bond acceptors (Lipinski definition) is 0. The zero-order valence-corrected chi connectivity index (χ0v) is 13.9. The van der Waals surface area contributed by atoms with Gasteiger partial charge in [0, 0.05) is 22.2 Å². The van der Waals surface area contributed by atoms with Gasteiger partial charge in [0.25, 0.3) is 0 Å². The summed E-state index contributed by atoms with van der Waals surface area (Å²) in [5.41, 5.74) is 5.89. The Labute approximate surface area is 148 Å². The maximum atomic E-state index is 3.53. The van der Waals surface area contributed by atoms with Crippen LogP contribution in [-0.2, 0) is 0 Å². The molecule has 1 heterocycles. The third-order valence-corrected chi connectivity index (χ3v) is 4.26. The number of hydrogen-bond donors (Lipinski definition) is 1. The van der Waals surface area contributed by atoms with E-state index in [1.54, 1.807) is 0 Å². The molecule has 120 valence electrons. The van der Waals surface area contributed by atoms with E-state index in [9.17, 15) is 0 Å². The SMILES string of the molecule is C(=C\c1[nH]c2ccccc2c1/C=C/c1ccccc1)/c1ccccc1. The van der Waals surface area contributed by atoms with Gasteiger partial charge in [-0.25, -0.2) is 0 Å². The molecule has 1 heteroatoms. The van der Waals surface area contributed by atoms with Gasteiger partial charge in [-0.05, 0) is 23.3 Å². The van der Waals surface area contributed by atoms with Crippen molar-refractivity contribution in [3.8, 4) is 0 Å². The molecule has 0 radical (unpaired) electrons. The van der Waals surface area contributed by atoms with Crippen LogP contribution in [0, 0.1) is 0 Å². The van der Waals surface area contributed by atoms with E-state index in [4.69, 9.17) is 0 Å². The summed E-state index contributed by atoms with van der Waals surface area (Å²) in [6.07, 6.45) is 8.65. The van der Waals surface area contributed by atoms with Crippen LogP contribution in [0.25, 0.3) is 35.2 Å². The van der Waals surface area contributed by atoms with Crippen molar-refractivity contribution < 1.29 is 0 Å². The quantitative estimate of drug-likeness (QED) is 0.441. The van der Waals surface area contributed by atoms with Crippen molar-refractivity contribution in [2.24, 2.45) is 0 Å². The van der Waals surface area contributed by atoms with E-state index in [0.717, 1.165) is 11.2 Å². The lowest BCUT2D eigenvalue weighted by Crippen LogP contribution is -1.77. The number of aromatic amines is 1. The van der Waals surface area contributed by atoms with Crippen molar-refractivity contribution in [2.75, 3.05) is 0 Å². The maximum Gasteiger partial charge on any atom is 0.0465 e. The van der Waals surface area contributed by atoms with Gasteiger partial charge >= 0.3 is 0 Å². The summed E-state index contributed by atoms with van der Waals surface area (Å²) in [6.45, 7) is 0. The molecule has 1 N–H and O–H groups in total. The molecule has 25 heavy (non-hydrogen) atoms. The smallest absolute Gasteiger partial charge is 0.0465 e. The number of rotatable bonds is 4. The van der Waals surface area contributed by atoms with Crippen molar-refractivity contribution in [3.05, 3.63) is 107 Å². The minimum Gasteiger partial charge on any atom is -0.355 e. The molecule has 0 atom stereocenters. The van der Waals surface area contributed by atoms with Crippen LogP contribution < -0.4 is 0 Å². The first kappa shape index (κ1) is 15.2. The van der Waals surface area contributed by atoms with Crippen molar-refractivity contribution in [1.82, 2.24) is 4.98 Å². The Balaban J connectivity index is 1.76. The highest BCUT2D eigenvalue weighted by Gasteiger charge is 2.06. The Morgan fingerprint density at radius 2 is 1.08 bits per heavy atom. The largest absolute Gasteiger partial charge is 0.355 e. The van der Waals surface area contributed by atoms with E-state index < -0.39 is 0 Å². The normalized spacial score (nSPS) is 11.7. The summed E-state index contributed by atoms with van der Waals surface area (Å²) in [4.78, 5) is 3.53. The average Bonchev–Trinajstić information content (AvgIpc) is 3.04. The Morgan fingerprint density at radius 1 is 0.520 bits per heavy atom. The molecule has 4 rings (SSSR count). The van der Waals surface area contributed by atoms with E-state index in [0.29, 0.717) is 0 Å². The second-order valence-corrected chi connectivity index (χ2v) is 5.99. The highest BCUT2D eigenvalue weighted by molar-refractivity contribution is 5.96. The van der Waals surface area contributed by atoms with Gasteiger partial charge in [0.15, 0.2) is 0 Å². The molecule has 0 unspecified atom stereocenters. The predicted molar refractivity (Wildman–Crippen MR) is 109 cm³/mol. The van der Waals surface area contributed by atoms with Gasteiger partial charge in [-0.1, -0.05) is 97.1 Å². The molecule has 0 bridgehead atoms. The van der Waals surface area contributed by atoms with Crippen LogP contribution in [0.3, 0.4) is 0 Å². The lowest BCUT2D eigenvalue weighted by molar-refractivity contribution is 1.42. The number of benzene rings is 3. The average molecular weight is 321 g/mol. The fourth-order valence-corrected chi connectivity index (χ4v) is 2.98. The minimum absolute atomic E-state index is 1.12. The third-order valence-electron chi connectivity index (χ3n) is 4.26. The highest BCUT2D eigenvalue weighted by Crippen LogP contribution is 2.26. The molecule has 0 aliphatic rings. The third kappa shape index (κ3) is 3.46. The molecule has 0 saturated carbocycles. The molecular weight excluding hydrogens is 302 g/mol. The molecule has 3 aromatic carbocycles. The van der Waals surface area contributed by atoms with Crippen molar-refractivity contribution in [1.29, 1.82) is 0 Å². The zero-order chi connectivity index (χ0) is 16.9. The Hall–Kier alpha value is -3.32. The predicted octanol–water partition coefficient (Wildman–Crippen LogP) is 6.51. The van der Waals surface area contributed by atoms with Crippen LogP contribution in [0.15, 0.2) is 84.9 Å². The molecule has 0 spiro atoms. The Morgan fingerprint density at radius 3 is 1.76 bits per heavy atom. The number of aromatic nitrogens is 1. The van der Waals surface area contributed by atoms with Gasteiger partial charge in [0.1, 0.15) is 0 Å². The molecule has 0 amide bonds. The van der Waals surface area contributed by atoms with E-state index >= 15 is 0 Å². The lowest BCUT2D eigenvalue weighted by Gasteiger charge is -1.97. The number of H-pyrrole nitrogens is 1. The number of fused-ring (bicyclic) bond motifs is 1. The summed E-state index contributed by atoms with van der Waals surface area (Å²) in [5, 5.41) is 1.24. The summed E-state index contributed by atoms with van der Waals surface area (Å²) < 4.78 is 0. The van der Waals surface area contributed by atoms with E-state index in [-0.39, 0.29) is 0 Å². The number of para-hydroxylation sites is 1. The molecule has 0 aliphatic carbocycles. The maximum absolute atomic E-state index is 3.53. The summed E-state index contributed by atoms with van der Waals surface area (Å²) in [6, 6.07) is 29.2. The zero-order valence-electron chi connectivity index (χ0n) is 13.9. The standard InChI is InChI=1S/C24H19N/c1-3-9-19(10-4-1)15-17-22-21-13-7-8-14-23(21)25-24(22)18-16-20-11-5-2-6-12-20/h1-18,25H/b17-15+,18-16+. The molecule has 4 aromatic rings.